The molecule has 19 heavy (non-hydrogen) atoms. The van der Waals surface area contributed by atoms with Gasteiger partial charge in [-0.15, -0.1) is 0 Å². The average molecular weight is 282 g/mol. The second kappa shape index (κ2) is 7.09. The molecule has 0 aromatic carbocycles. The summed E-state index contributed by atoms with van der Waals surface area (Å²) in [4.78, 5) is 13.0. The molecule has 112 valence electrons. The van der Waals surface area contributed by atoms with E-state index in [0.717, 1.165) is 0 Å². The molecule has 1 aliphatic heterocycles. The van der Waals surface area contributed by atoms with E-state index in [1.807, 2.05) is 0 Å². The zero-order valence-electron chi connectivity index (χ0n) is 11.1. The monoisotopic (exact) mass is 282 g/mol. The van der Waals surface area contributed by atoms with Crippen molar-refractivity contribution in [2.75, 3.05) is 26.2 Å². The number of nitrogens with zero attached hydrogens (tertiary/aromatic N) is 1. The second-order valence-electron chi connectivity index (χ2n) is 4.83. The van der Waals surface area contributed by atoms with Gasteiger partial charge in [0.1, 0.15) is 6.04 Å². The van der Waals surface area contributed by atoms with Crippen molar-refractivity contribution in [2.45, 2.75) is 38.4 Å². The van der Waals surface area contributed by atoms with E-state index in [-0.39, 0.29) is 19.6 Å². The third-order valence-corrected chi connectivity index (χ3v) is 3.31. The first-order chi connectivity index (χ1) is 8.84. The molecule has 0 bridgehead atoms. The Balaban J connectivity index is 2.35. The number of piperidine rings is 1. The van der Waals surface area contributed by atoms with E-state index in [9.17, 15) is 18.0 Å². The minimum Gasteiger partial charge on any atom is -0.465 e. The van der Waals surface area contributed by atoms with Gasteiger partial charge in [-0.05, 0) is 32.7 Å². The minimum atomic E-state index is -4.14. The van der Waals surface area contributed by atoms with Crippen molar-refractivity contribution in [3.05, 3.63) is 0 Å². The van der Waals surface area contributed by atoms with Gasteiger partial charge >= 0.3 is 12.1 Å². The molecule has 1 heterocycles. The Morgan fingerprint density at radius 3 is 2.79 bits per heavy atom. The number of hydrogen-bond acceptors (Lipinski definition) is 4. The summed E-state index contributed by atoms with van der Waals surface area (Å²) in [5, 5.41) is 0. The van der Waals surface area contributed by atoms with Gasteiger partial charge in [-0.3, -0.25) is 4.79 Å². The standard InChI is InChI=1S/C12H21F3N2O2/c1-2-19-11(18)10(16)5-7-17-6-3-4-9(8-17)12(13,14)15/h9-10H,2-8,16H2,1H3. The lowest BCUT2D eigenvalue weighted by Crippen LogP contribution is -2.44. The van der Waals surface area contributed by atoms with Gasteiger partial charge < -0.3 is 15.4 Å². The minimum absolute atomic E-state index is 0.000947. The maximum atomic E-state index is 12.6. The first kappa shape index (κ1) is 16.2. The lowest BCUT2D eigenvalue weighted by molar-refractivity contribution is -0.186. The number of nitrogens with two attached hydrogens (primary N) is 1. The fraction of sp³-hybridized carbons (Fsp3) is 0.917. The van der Waals surface area contributed by atoms with Gasteiger partial charge in [0.25, 0.3) is 0 Å². The topological polar surface area (TPSA) is 55.6 Å². The van der Waals surface area contributed by atoms with Gasteiger partial charge in [-0.1, -0.05) is 0 Å². The van der Waals surface area contributed by atoms with Crippen molar-refractivity contribution >= 4 is 5.97 Å². The van der Waals surface area contributed by atoms with Gasteiger partial charge in [-0.2, -0.15) is 13.2 Å². The van der Waals surface area contributed by atoms with Crippen molar-refractivity contribution in [1.82, 2.24) is 4.90 Å². The summed E-state index contributed by atoms with van der Waals surface area (Å²) in [5.41, 5.74) is 5.62. The molecule has 1 aliphatic rings. The Morgan fingerprint density at radius 2 is 2.21 bits per heavy atom. The van der Waals surface area contributed by atoms with Crippen molar-refractivity contribution in [1.29, 1.82) is 0 Å². The van der Waals surface area contributed by atoms with Crippen LogP contribution in [0, 0.1) is 5.92 Å². The van der Waals surface area contributed by atoms with Crippen LogP contribution in [0.2, 0.25) is 0 Å². The van der Waals surface area contributed by atoms with Crippen LogP contribution in [0.5, 0.6) is 0 Å². The number of likely N-dealkylation sites (tertiary alicyclic amines) is 1. The zero-order valence-corrected chi connectivity index (χ0v) is 11.1. The van der Waals surface area contributed by atoms with Crippen LogP contribution in [-0.4, -0.2) is 49.3 Å². The first-order valence-corrected chi connectivity index (χ1v) is 6.56. The van der Waals surface area contributed by atoms with Gasteiger partial charge in [0, 0.05) is 13.1 Å². The maximum absolute atomic E-state index is 12.6. The SMILES string of the molecule is CCOC(=O)C(N)CCN1CCCC(C(F)(F)F)C1. The predicted molar refractivity (Wildman–Crippen MR) is 64.4 cm³/mol. The molecule has 1 rings (SSSR count). The van der Waals surface area contributed by atoms with Crippen molar-refractivity contribution < 1.29 is 22.7 Å². The van der Waals surface area contributed by atoms with E-state index in [2.05, 4.69) is 0 Å². The van der Waals surface area contributed by atoms with Crippen LogP contribution >= 0.6 is 0 Å². The van der Waals surface area contributed by atoms with E-state index >= 15 is 0 Å². The Labute approximate surface area is 111 Å². The highest BCUT2D eigenvalue weighted by atomic mass is 19.4. The number of carbonyl (C=O) groups excluding carboxylic acids is 1. The average Bonchev–Trinajstić information content (AvgIpc) is 2.35. The normalized spacial score (nSPS) is 23.1. The molecule has 2 unspecified atom stereocenters. The number of rotatable bonds is 5. The molecule has 0 aromatic rings. The molecule has 1 saturated heterocycles. The Kier molecular flexibility index (Phi) is 6.06. The van der Waals surface area contributed by atoms with Gasteiger partial charge in [0.15, 0.2) is 0 Å². The second-order valence-corrected chi connectivity index (χ2v) is 4.83. The Bertz CT molecular complexity index is 297. The first-order valence-electron chi connectivity index (χ1n) is 6.56. The zero-order chi connectivity index (χ0) is 14.5. The van der Waals surface area contributed by atoms with Crippen molar-refractivity contribution in [3.8, 4) is 0 Å². The summed E-state index contributed by atoms with van der Waals surface area (Å²) in [5.74, 6) is -1.76. The van der Waals surface area contributed by atoms with E-state index < -0.39 is 24.1 Å². The molecule has 1 fully saturated rings. The third-order valence-electron chi connectivity index (χ3n) is 3.31. The van der Waals surface area contributed by atoms with E-state index in [1.165, 1.54) is 0 Å². The highest BCUT2D eigenvalue weighted by molar-refractivity contribution is 5.75. The van der Waals surface area contributed by atoms with E-state index in [4.69, 9.17) is 10.5 Å². The van der Waals surface area contributed by atoms with Crippen LogP contribution < -0.4 is 5.73 Å². The molecular formula is C12H21F3N2O2. The summed E-state index contributed by atoms with van der Waals surface area (Å²) in [6.07, 6.45) is -3.10. The van der Waals surface area contributed by atoms with Gasteiger partial charge in [0.2, 0.25) is 0 Å². The third kappa shape index (κ3) is 5.36. The molecule has 2 N–H and O–H groups in total. The number of hydrogen-bond donors (Lipinski definition) is 1. The predicted octanol–water partition coefficient (Wildman–Crippen LogP) is 1.54. The summed E-state index contributed by atoms with van der Waals surface area (Å²) >= 11 is 0. The van der Waals surface area contributed by atoms with E-state index in [0.29, 0.717) is 25.9 Å². The summed E-state index contributed by atoms with van der Waals surface area (Å²) < 4.78 is 42.6. The van der Waals surface area contributed by atoms with Crippen molar-refractivity contribution in [3.63, 3.8) is 0 Å². The van der Waals surface area contributed by atoms with E-state index in [1.54, 1.807) is 11.8 Å². The molecule has 0 aliphatic carbocycles. The largest absolute Gasteiger partial charge is 0.465 e. The van der Waals surface area contributed by atoms with Crippen LogP contribution in [0.15, 0.2) is 0 Å². The van der Waals surface area contributed by atoms with Crippen LogP contribution in [0.1, 0.15) is 26.2 Å². The molecule has 0 aromatic heterocycles. The lowest BCUT2D eigenvalue weighted by Gasteiger charge is -2.34. The van der Waals surface area contributed by atoms with Crippen LogP contribution in [0.3, 0.4) is 0 Å². The Hall–Kier alpha value is -0.820. The van der Waals surface area contributed by atoms with Gasteiger partial charge in [-0.25, -0.2) is 0 Å². The quantitative estimate of drug-likeness (QED) is 0.777. The highest BCUT2D eigenvalue weighted by Gasteiger charge is 2.41. The number of esters is 1. The Morgan fingerprint density at radius 1 is 1.53 bits per heavy atom. The van der Waals surface area contributed by atoms with Crippen LogP contribution in [-0.2, 0) is 9.53 Å². The lowest BCUT2D eigenvalue weighted by atomic mass is 9.97. The molecular weight excluding hydrogens is 261 g/mol. The van der Waals surface area contributed by atoms with Crippen LogP contribution in [0.4, 0.5) is 13.2 Å². The van der Waals surface area contributed by atoms with Crippen LogP contribution in [0.25, 0.3) is 0 Å². The van der Waals surface area contributed by atoms with Crippen molar-refractivity contribution in [2.24, 2.45) is 11.7 Å². The number of ether oxygens (including phenoxy) is 1. The summed E-state index contributed by atoms with van der Waals surface area (Å²) in [7, 11) is 0. The fourth-order valence-corrected chi connectivity index (χ4v) is 2.21. The number of carbonyl (C=O) groups is 1. The highest BCUT2D eigenvalue weighted by Crippen LogP contribution is 2.33. The molecule has 0 radical (unpaired) electrons. The molecule has 2 atom stereocenters. The molecule has 4 nitrogen and oxygen atoms in total. The molecule has 0 spiro atoms. The fourth-order valence-electron chi connectivity index (χ4n) is 2.21. The summed E-state index contributed by atoms with van der Waals surface area (Å²) in [6, 6.07) is -0.758. The maximum Gasteiger partial charge on any atom is 0.393 e. The number of halogens is 3. The summed E-state index contributed by atoms with van der Waals surface area (Å²) in [6.45, 7) is 2.96. The molecule has 0 saturated carbocycles. The number of alkyl halides is 3. The molecule has 7 heteroatoms. The molecule has 0 amide bonds. The smallest absolute Gasteiger partial charge is 0.393 e. The van der Waals surface area contributed by atoms with Gasteiger partial charge in [0.05, 0.1) is 12.5 Å².